The first kappa shape index (κ1) is 21.8. The van der Waals surface area contributed by atoms with E-state index in [-0.39, 0.29) is 12.5 Å². The summed E-state index contributed by atoms with van der Waals surface area (Å²) in [6.45, 7) is 0.685. The summed E-state index contributed by atoms with van der Waals surface area (Å²) in [5, 5.41) is 15.8. The number of aliphatic hydroxyl groups excluding tert-OH is 1. The highest BCUT2D eigenvalue weighted by atomic mass is 16.5. The van der Waals surface area contributed by atoms with E-state index in [0.29, 0.717) is 32.2 Å². The van der Waals surface area contributed by atoms with Crippen LogP contribution in [0.2, 0.25) is 0 Å². The molecule has 7 nitrogen and oxygen atoms in total. The second-order valence-electron chi connectivity index (χ2n) is 7.55. The number of nitrogens with two attached hydrogens (primary N) is 1. The van der Waals surface area contributed by atoms with E-state index in [1.165, 1.54) is 0 Å². The van der Waals surface area contributed by atoms with Crippen molar-refractivity contribution in [2.24, 2.45) is 5.73 Å². The van der Waals surface area contributed by atoms with Gasteiger partial charge in [0.25, 0.3) is 0 Å². The fourth-order valence-electron chi connectivity index (χ4n) is 3.59. The molecule has 0 radical (unpaired) electrons. The normalized spacial score (nSPS) is 18.3. The van der Waals surface area contributed by atoms with Crippen molar-refractivity contribution in [3.63, 3.8) is 0 Å². The van der Waals surface area contributed by atoms with Gasteiger partial charge in [-0.05, 0) is 36.0 Å². The summed E-state index contributed by atoms with van der Waals surface area (Å²) in [6, 6.07) is 16.1. The van der Waals surface area contributed by atoms with Gasteiger partial charge in [-0.25, -0.2) is 4.79 Å². The molecule has 0 unspecified atom stereocenters. The average molecular weight is 412 g/mol. The number of carbonyl (C=O) groups is 2. The number of alkyl carbamates (subject to hydrolysis) is 1. The minimum atomic E-state index is -0.657. The van der Waals surface area contributed by atoms with Crippen molar-refractivity contribution in [2.45, 2.75) is 50.5 Å². The second-order valence-corrected chi connectivity index (χ2v) is 7.55. The molecule has 0 aliphatic heterocycles. The molecule has 0 saturated heterocycles. The zero-order valence-corrected chi connectivity index (χ0v) is 16.9. The third kappa shape index (κ3) is 6.05. The van der Waals surface area contributed by atoms with Crippen LogP contribution in [0.4, 0.5) is 4.79 Å². The molecule has 0 heterocycles. The van der Waals surface area contributed by atoms with Crippen molar-refractivity contribution >= 4 is 12.0 Å². The fourth-order valence-corrected chi connectivity index (χ4v) is 3.59. The molecule has 5 N–H and O–H groups in total. The first-order chi connectivity index (χ1) is 14.5. The monoisotopic (exact) mass is 411 g/mol. The molecular weight excluding hydrogens is 382 g/mol. The van der Waals surface area contributed by atoms with Gasteiger partial charge in [0.2, 0.25) is 5.91 Å². The Balaban J connectivity index is 1.30. The van der Waals surface area contributed by atoms with Crippen molar-refractivity contribution in [1.82, 2.24) is 10.6 Å². The zero-order chi connectivity index (χ0) is 21.3. The zero-order valence-electron chi connectivity index (χ0n) is 16.9. The van der Waals surface area contributed by atoms with Gasteiger partial charge in [-0.2, -0.15) is 0 Å². The van der Waals surface area contributed by atoms with Gasteiger partial charge in [-0.3, -0.25) is 4.79 Å². The Kier molecular flexibility index (Phi) is 7.82. The van der Waals surface area contributed by atoms with Crippen LogP contribution in [0.5, 0.6) is 0 Å². The smallest absolute Gasteiger partial charge is 0.407 e. The largest absolute Gasteiger partial charge is 0.445 e. The molecule has 0 bridgehead atoms. The molecule has 0 aromatic heterocycles. The molecule has 2 aromatic rings. The lowest BCUT2D eigenvalue weighted by Crippen LogP contribution is -2.44. The molecule has 30 heavy (non-hydrogen) atoms. The Bertz CT molecular complexity index is 843. The highest BCUT2D eigenvalue weighted by molar-refractivity contribution is 5.82. The molecule has 0 fully saturated rings. The number of carbonyl (C=O) groups excluding carboxylic acids is 2. The number of nitrogens with one attached hydrogen (secondary N) is 2. The van der Waals surface area contributed by atoms with Crippen molar-refractivity contribution in [2.75, 3.05) is 6.54 Å². The number of amides is 2. The third-order valence-electron chi connectivity index (χ3n) is 5.26. The van der Waals surface area contributed by atoms with Gasteiger partial charge in [-0.15, -0.1) is 0 Å². The van der Waals surface area contributed by atoms with Gasteiger partial charge in [0.05, 0.1) is 18.2 Å². The lowest BCUT2D eigenvalue weighted by atomic mass is 10.1. The maximum Gasteiger partial charge on any atom is 0.407 e. The number of benzene rings is 2. The quantitative estimate of drug-likeness (QED) is 0.472. The molecule has 7 heteroatoms. The first-order valence-electron chi connectivity index (χ1n) is 10.3. The van der Waals surface area contributed by atoms with Gasteiger partial charge in [-0.1, -0.05) is 54.6 Å². The number of aliphatic hydroxyl groups is 1. The Morgan fingerprint density at radius 3 is 2.63 bits per heavy atom. The summed E-state index contributed by atoms with van der Waals surface area (Å²) < 4.78 is 5.14. The molecule has 2 aromatic carbocycles. The van der Waals surface area contributed by atoms with Crippen LogP contribution < -0.4 is 16.4 Å². The highest BCUT2D eigenvalue weighted by Crippen LogP contribution is 2.31. The van der Waals surface area contributed by atoms with Gasteiger partial charge in [0.15, 0.2) is 0 Å². The number of unbranched alkanes of at least 4 members (excludes halogenated alkanes) is 1. The van der Waals surface area contributed by atoms with E-state index < -0.39 is 24.3 Å². The van der Waals surface area contributed by atoms with Crippen LogP contribution in [0.3, 0.4) is 0 Å². The molecule has 0 spiro atoms. The van der Waals surface area contributed by atoms with Crippen molar-refractivity contribution in [3.8, 4) is 0 Å². The van der Waals surface area contributed by atoms with Crippen LogP contribution in [0.25, 0.3) is 0 Å². The molecule has 160 valence electrons. The maximum atomic E-state index is 12.4. The standard InChI is InChI=1S/C23H29N3O4/c24-19(22(28)26-21-18-11-5-4-10-17(18)14-20(21)27)12-6-7-13-25-23(29)30-15-16-8-2-1-3-9-16/h1-5,8-11,19-21,27H,6-7,12-15,24H2,(H,25,29)(H,26,28)/t19-,20+,21-/m0/s1. The topological polar surface area (TPSA) is 114 Å². The summed E-state index contributed by atoms with van der Waals surface area (Å²) in [5.41, 5.74) is 8.94. The number of hydrogen-bond donors (Lipinski definition) is 4. The lowest BCUT2D eigenvalue weighted by Gasteiger charge is -2.20. The van der Waals surface area contributed by atoms with Crippen LogP contribution in [0, 0.1) is 0 Å². The number of fused-ring (bicyclic) bond motifs is 1. The molecule has 3 atom stereocenters. The summed E-state index contributed by atoms with van der Waals surface area (Å²) in [7, 11) is 0. The molecule has 1 aliphatic rings. The van der Waals surface area contributed by atoms with E-state index in [1.54, 1.807) is 0 Å². The average Bonchev–Trinajstić information content (AvgIpc) is 3.07. The predicted molar refractivity (Wildman–Crippen MR) is 113 cm³/mol. The maximum absolute atomic E-state index is 12.4. The van der Waals surface area contributed by atoms with Crippen molar-refractivity contribution in [3.05, 3.63) is 71.3 Å². The fraction of sp³-hybridized carbons (Fsp3) is 0.391. The van der Waals surface area contributed by atoms with E-state index in [0.717, 1.165) is 16.7 Å². The number of rotatable bonds is 9. The Morgan fingerprint density at radius 1 is 1.10 bits per heavy atom. The van der Waals surface area contributed by atoms with E-state index in [9.17, 15) is 14.7 Å². The van der Waals surface area contributed by atoms with Crippen LogP contribution >= 0.6 is 0 Å². The molecule has 0 saturated carbocycles. The SMILES string of the molecule is N[C@@H](CCCCNC(=O)OCc1ccccc1)C(=O)N[C@H]1c2ccccc2C[C@H]1O. The summed E-state index contributed by atoms with van der Waals surface area (Å²) in [5.74, 6) is -0.272. The van der Waals surface area contributed by atoms with Gasteiger partial charge < -0.3 is 26.2 Å². The third-order valence-corrected chi connectivity index (χ3v) is 5.26. The summed E-state index contributed by atoms with van der Waals surface area (Å²) >= 11 is 0. The molecular formula is C23H29N3O4. The van der Waals surface area contributed by atoms with Gasteiger partial charge >= 0.3 is 6.09 Å². The summed E-state index contributed by atoms with van der Waals surface area (Å²) in [4.78, 5) is 24.1. The van der Waals surface area contributed by atoms with Crippen LogP contribution in [0.1, 0.15) is 42.0 Å². The van der Waals surface area contributed by atoms with E-state index in [1.807, 2.05) is 54.6 Å². The Hall–Kier alpha value is -2.90. The predicted octanol–water partition coefficient (Wildman–Crippen LogP) is 2.18. The van der Waals surface area contributed by atoms with Crippen LogP contribution in [-0.2, 0) is 22.6 Å². The van der Waals surface area contributed by atoms with Gasteiger partial charge in [0.1, 0.15) is 6.61 Å². The van der Waals surface area contributed by atoms with E-state index in [2.05, 4.69) is 10.6 Å². The first-order valence-corrected chi connectivity index (χ1v) is 10.3. The molecule has 1 aliphatic carbocycles. The van der Waals surface area contributed by atoms with Gasteiger partial charge in [0, 0.05) is 13.0 Å². The van der Waals surface area contributed by atoms with Crippen molar-refractivity contribution in [1.29, 1.82) is 0 Å². The number of hydrogen-bond acceptors (Lipinski definition) is 5. The molecule has 3 rings (SSSR count). The van der Waals surface area contributed by atoms with E-state index >= 15 is 0 Å². The summed E-state index contributed by atoms with van der Waals surface area (Å²) in [6.07, 6.45) is 1.31. The van der Waals surface area contributed by atoms with Crippen molar-refractivity contribution < 1.29 is 19.4 Å². The minimum absolute atomic E-state index is 0.230. The van der Waals surface area contributed by atoms with Crippen LogP contribution in [0.15, 0.2) is 54.6 Å². The number of ether oxygens (including phenoxy) is 1. The Morgan fingerprint density at radius 2 is 1.83 bits per heavy atom. The highest BCUT2D eigenvalue weighted by Gasteiger charge is 2.32. The Labute approximate surface area is 176 Å². The second kappa shape index (κ2) is 10.8. The molecule has 2 amide bonds. The minimum Gasteiger partial charge on any atom is -0.445 e. The van der Waals surface area contributed by atoms with Crippen LogP contribution in [-0.4, -0.2) is 35.8 Å². The van der Waals surface area contributed by atoms with E-state index in [4.69, 9.17) is 10.5 Å². The lowest BCUT2D eigenvalue weighted by molar-refractivity contribution is -0.124.